The van der Waals surface area contributed by atoms with E-state index >= 15 is 0 Å². The van der Waals surface area contributed by atoms with Gasteiger partial charge in [-0.1, -0.05) is 0 Å². The van der Waals surface area contributed by atoms with Crippen molar-refractivity contribution >= 4 is 5.97 Å². The molecule has 1 rings (SSSR count). The Bertz CT molecular complexity index is 549. The van der Waals surface area contributed by atoms with Crippen LogP contribution in [0.25, 0.3) is 0 Å². The zero-order valence-electron chi connectivity index (χ0n) is 10.6. The third kappa shape index (κ3) is 3.54. The Kier molecular flexibility index (Phi) is 4.80. The first kappa shape index (κ1) is 15.6. The number of methoxy groups -OCH3 is 1. The van der Waals surface area contributed by atoms with E-state index in [0.717, 1.165) is 19.2 Å². The van der Waals surface area contributed by atoms with Crippen LogP contribution in [0.4, 0.5) is 13.2 Å². The maximum Gasteiger partial charge on any atom is 0.573 e. The molecule has 0 aromatic heterocycles. The fourth-order valence-electron chi connectivity index (χ4n) is 1.44. The lowest BCUT2D eigenvalue weighted by Gasteiger charge is -2.16. The SMILES string of the molecule is CCOC(=O)c1c(C#N)ccc(OC)c1OC(F)(F)F. The van der Waals surface area contributed by atoms with Crippen molar-refractivity contribution in [2.45, 2.75) is 13.3 Å². The molecule has 0 radical (unpaired) electrons. The minimum atomic E-state index is -5.04. The van der Waals surface area contributed by atoms with E-state index in [-0.39, 0.29) is 17.9 Å². The molecule has 0 spiro atoms. The lowest BCUT2D eigenvalue weighted by atomic mass is 10.1. The topological polar surface area (TPSA) is 68.6 Å². The normalized spacial score (nSPS) is 10.6. The van der Waals surface area contributed by atoms with Crippen LogP contribution in [0.3, 0.4) is 0 Å². The summed E-state index contributed by atoms with van der Waals surface area (Å²) in [7, 11) is 1.11. The summed E-state index contributed by atoms with van der Waals surface area (Å²) in [6.45, 7) is 1.42. The highest BCUT2D eigenvalue weighted by Gasteiger charge is 2.36. The van der Waals surface area contributed by atoms with Crippen molar-refractivity contribution in [2.75, 3.05) is 13.7 Å². The Hall–Kier alpha value is -2.43. The van der Waals surface area contributed by atoms with Crippen molar-refractivity contribution in [3.63, 3.8) is 0 Å². The number of hydrogen-bond donors (Lipinski definition) is 0. The zero-order chi connectivity index (χ0) is 15.3. The van der Waals surface area contributed by atoms with Gasteiger partial charge in [-0.2, -0.15) is 5.26 Å². The molecule has 1 aromatic rings. The molecule has 8 heteroatoms. The summed E-state index contributed by atoms with van der Waals surface area (Å²) in [5, 5.41) is 8.89. The smallest absolute Gasteiger partial charge is 0.493 e. The van der Waals surface area contributed by atoms with Crippen molar-refractivity contribution in [2.24, 2.45) is 0 Å². The first-order chi connectivity index (χ1) is 9.34. The molecule has 5 nitrogen and oxygen atoms in total. The number of alkyl halides is 3. The summed E-state index contributed by atoms with van der Waals surface area (Å²) in [6.07, 6.45) is -5.04. The van der Waals surface area contributed by atoms with Gasteiger partial charge in [-0.25, -0.2) is 4.79 Å². The number of esters is 1. The van der Waals surface area contributed by atoms with Crippen LogP contribution in [0.2, 0.25) is 0 Å². The Morgan fingerprint density at radius 1 is 1.40 bits per heavy atom. The summed E-state index contributed by atoms with van der Waals surface area (Å²) in [5.74, 6) is -2.32. The van der Waals surface area contributed by atoms with Crippen molar-refractivity contribution in [3.05, 3.63) is 23.3 Å². The number of carbonyl (C=O) groups is 1. The first-order valence-corrected chi connectivity index (χ1v) is 5.38. The van der Waals surface area contributed by atoms with Gasteiger partial charge < -0.3 is 14.2 Å². The van der Waals surface area contributed by atoms with Crippen molar-refractivity contribution in [1.29, 1.82) is 5.26 Å². The predicted octanol–water partition coefficient (Wildman–Crippen LogP) is 2.64. The Morgan fingerprint density at radius 2 is 2.05 bits per heavy atom. The molecule has 0 unspecified atom stereocenters. The summed E-state index contributed by atoms with van der Waals surface area (Å²) < 4.78 is 50.4. The molecule has 0 saturated heterocycles. The minimum absolute atomic E-state index is 0.0631. The monoisotopic (exact) mass is 289 g/mol. The Labute approximate surface area is 112 Å². The fourth-order valence-corrected chi connectivity index (χ4v) is 1.44. The quantitative estimate of drug-likeness (QED) is 0.797. The van der Waals surface area contributed by atoms with Crippen molar-refractivity contribution in [1.82, 2.24) is 0 Å². The van der Waals surface area contributed by atoms with Crippen LogP contribution in [-0.4, -0.2) is 26.0 Å². The lowest BCUT2D eigenvalue weighted by molar-refractivity contribution is -0.275. The van der Waals surface area contributed by atoms with E-state index in [2.05, 4.69) is 9.47 Å². The van der Waals surface area contributed by atoms with E-state index in [0.29, 0.717) is 0 Å². The third-order valence-corrected chi connectivity index (χ3v) is 2.16. The standard InChI is InChI=1S/C12H10F3NO4/c1-3-19-11(17)9-7(6-16)4-5-8(18-2)10(9)20-12(13,14)15/h4-5H,3H2,1-2H3. The summed E-state index contributed by atoms with van der Waals surface area (Å²) in [5.41, 5.74) is -0.922. The Morgan fingerprint density at radius 3 is 2.50 bits per heavy atom. The van der Waals surface area contributed by atoms with Crippen molar-refractivity contribution < 1.29 is 32.2 Å². The molecule has 0 aliphatic heterocycles. The third-order valence-electron chi connectivity index (χ3n) is 2.16. The van der Waals surface area contributed by atoms with Gasteiger partial charge in [-0.05, 0) is 19.1 Å². The highest BCUT2D eigenvalue weighted by Crippen LogP contribution is 2.37. The van der Waals surface area contributed by atoms with Gasteiger partial charge in [0.15, 0.2) is 11.5 Å². The molecule has 1 aromatic carbocycles. The average molecular weight is 289 g/mol. The zero-order valence-corrected chi connectivity index (χ0v) is 10.6. The first-order valence-electron chi connectivity index (χ1n) is 5.38. The lowest BCUT2D eigenvalue weighted by Crippen LogP contribution is -2.21. The minimum Gasteiger partial charge on any atom is -0.493 e. The summed E-state index contributed by atoms with van der Waals surface area (Å²) >= 11 is 0. The molecule has 0 aliphatic carbocycles. The molecule has 0 bridgehead atoms. The van der Waals surface area contributed by atoms with E-state index in [4.69, 9.17) is 10.00 Å². The molecule has 0 N–H and O–H groups in total. The van der Waals surface area contributed by atoms with E-state index < -0.39 is 23.6 Å². The van der Waals surface area contributed by atoms with Gasteiger partial charge in [0.25, 0.3) is 0 Å². The summed E-state index contributed by atoms with van der Waals surface area (Å²) in [4.78, 5) is 11.7. The number of ether oxygens (including phenoxy) is 3. The second-order valence-corrected chi connectivity index (χ2v) is 3.40. The molecule has 20 heavy (non-hydrogen) atoms. The fraction of sp³-hybridized carbons (Fsp3) is 0.333. The average Bonchev–Trinajstić information content (AvgIpc) is 2.36. The molecular weight excluding hydrogens is 279 g/mol. The van der Waals surface area contributed by atoms with E-state index in [1.54, 1.807) is 6.07 Å². The number of nitriles is 1. The van der Waals surface area contributed by atoms with Gasteiger partial charge >= 0.3 is 12.3 Å². The van der Waals surface area contributed by atoms with Crippen LogP contribution in [0.15, 0.2) is 12.1 Å². The molecular formula is C12H10F3NO4. The second-order valence-electron chi connectivity index (χ2n) is 3.40. The maximum atomic E-state index is 12.4. The molecule has 0 atom stereocenters. The molecule has 0 heterocycles. The number of carbonyl (C=O) groups excluding carboxylic acids is 1. The predicted molar refractivity (Wildman–Crippen MR) is 60.3 cm³/mol. The van der Waals surface area contributed by atoms with Crippen LogP contribution in [-0.2, 0) is 4.74 Å². The number of benzene rings is 1. The van der Waals surface area contributed by atoms with Crippen LogP contribution < -0.4 is 9.47 Å². The van der Waals surface area contributed by atoms with Crippen LogP contribution in [0.1, 0.15) is 22.8 Å². The van der Waals surface area contributed by atoms with Crippen LogP contribution in [0, 0.1) is 11.3 Å². The molecule has 0 fully saturated rings. The van der Waals surface area contributed by atoms with Gasteiger partial charge in [-0.3, -0.25) is 0 Å². The largest absolute Gasteiger partial charge is 0.573 e. The van der Waals surface area contributed by atoms with Gasteiger partial charge in [0.2, 0.25) is 0 Å². The van der Waals surface area contributed by atoms with Gasteiger partial charge in [0.05, 0.1) is 19.3 Å². The highest BCUT2D eigenvalue weighted by atomic mass is 19.4. The van der Waals surface area contributed by atoms with Gasteiger partial charge in [0, 0.05) is 0 Å². The number of rotatable bonds is 4. The van der Waals surface area contributed by atoms with E-state index in [1.165, 1.54) is 6.92 Å². The van der Waals surface area contributed by atoms with E-state index in [9.17, 15) is 18.0 Å². The maximum absolute atomic E-state index is 12.4. The van der Waals surface area contributed by atoms with Gasteiger partial charge in [0.1, 0.15) is 11.6 Å². The molecule has 0 saturated carbocycles. The number of nitrogens with zero attached hydrogens (tertiary/aromatic N) is 1. The van der Waals surface area contributed by atoms with Crippen LogP contribution >= 0.6 is 0 Å². The van der Waals surface area contributed by atoms with Gasteiger partial charge in [-0.15, -0.1) is 13.2 Å². The van der Waals surface area contributed by atoms with Crippen molar-refractivity contribution in [3.8, 4) is 17.6 Å². The highest BCUT2D eigenvalue weighted by molar-refractivity contribution is 5.96. The number of halogens is 3. The second kappa shape index (κ2) is 6.14. The van der Waals surface area contributed by atoms with Crippen LogP contribution in [0.5, 0.6) is 11.5 Å². The molecule has 0 aliphatic rings. The number of hydrogen-bond acceptors (Lipinski definition) is 5. The Balaban J connectivity index is 3.49. The summed E-state index contributed by atoms with van der Waals surface area (Å²) in [6, 6.07) is 3.86. The molecule has 108 valence electrons. The van der Waals surface area contributed by atoms with E-state index in [1.807, 2.05) is 0 Å². The molecule has 0 amide bonds.